The molecule has 0 saturated carbocycles. The minimum absolute atomic E-state index is 2.75. The number of rotatable bonds is 0. The lowest BCUT2D eigenvalue weighted by atomic mass is 11.9. The highest BCUT2D eigenvalue weighted by Gasteiger charge is 1.66. The Kier molecular flexibility index (Phi) is 0.646. The SMILES string of the molecule is [2H]C([2H])([2H])[S+]([O-])C([2H])([2H])[2H].[2H]O[2H]. The maximum Gasteiger partial charge on any atom is 0.206 e. The molecule has 0 spiro atoms. The Balaban J connectivity index is 0. The Labute approximate surface area is 46.1 Å². The molecule has 0 aliphatic carbocycles. The highest BCUT2D eigenvalue weighted by Crippen LogP contribution is 1.61. The van der Waals surface area contributed by atoms with E-state index in [1.807, 2.05) is 0 Å². The van der Waals surface area contributed by atoms with E-state index in [0.29, 0.717) is 0 Å². The van der Waals surface area contributed by atoms with Crippen molar-refractivity contribution in [3.05, 3.63) is 0 Å². The summed E-state index contributed by atoms with van der Waals surface area (Å²) < 4.78 is 60.0. The highest BCUT2D eigenvalue weighted by atomic mass is 32.2. The smallest absolute Gasteiger partial charge is 0.206 e. The second kappa shape index (κ2) is 4.27. The van der Waals surface area contributed by atoms with Crippen LogP contribution < -0.4 is 0 Å². The molecular formula is C2H8O2S. The summed E-state index contributed by atoms with van der Waals surface area (Å²) in [5, 5.41) is 0. The summed E-state index contributed by atoms with van der Waals surface area (Å²) in [5.41, 5.74) is 2.75. The zero-order valence-corrected chi connectivity index (χ0v) is 3.04. The second-order valence-electron chi connectivity index (χ2n) is 0.269. The molecule has 0 fully saturated rings. The standard InChI is InChI=1S/C2H6OS.H2O/c1-4(2)3;/h1-2H3;1H2/i1D3,2D3;/hD2. The first-order chi connectivity index (χ1) is 5.57. The van der Waals surface area contributed by atoms with Gasteiger partial charge in [0.1, 0.15) is 0 Å². The maximum absolute atomic E-state index is 10.5. The van der Waals surface area contributed by atoms with E-state index in [1.54, 1.807) is 0 Å². The van der Waals surface area contributed by atoms with Crippen LogP contribution in [-0.2, 0) is 11.2 Å². The lowest BCUT2D eigenvalue weighted by Gasteiger charge is -1.87. The molecule has 0 heterocycles. The Morgan fingerprint density at radius 3 is 2.60 bits per heavy atom. The third kappa shape index (κ3) is 302. The molecule has 5 heavy (non-hydrogen) atoms. The zero-order chi connectivity index (χ0) is 11.3. The molecule has 0 aliphatic heterocycles. The fourth-order valence-corrected chi connectivity index (χ4v) is 0. The predicted octanol–water partition coefficient (Wildman–Crippen LogP) is -0.830. The summed E-state index contributed by atoms with van der Waals surface area (Å²) in [7, 11) is 0. The molecule has 0 unspecified atom stereocenters. The first-order valence-corrected chi connectivity index (χ1v) is 1.72. The van der Waals surface area contributed by atoms with Crippen molar-refractivity contribution in [3.8, 4) is 0 Å². The van der Waals surface area contributed by atoms with E-state index in [9.17, 15) is 4.55 Å². The van der Waals surface area contributed by atoms with Crippen molar-refractivity contribution in [3.63, 3.8) is 0 Å². The molecule has 0 atom stereocenters. The van der Waals surface area contributed by atoms with Crippen LogP contribution in [0.2, 0.25) is 0 Å². The summed E-state index contributed by atoms with van der Waals surface area (Å²) in [6.45, 7) is 0. The van der Waals surface area contributed by atoms with Crippen LogP contribution >= 0.6 is 0 Å². The van der Waals surface area contributed by atoms with Crippen LogP contribution in [0.25, 0.3) is 0 Å². The number of hydrogen-bond donors (Lipinski definition) is 0. The Morgan fingerprint density at radius 2 is 2.60 bits per heavy atom. The summed E-state index contributed by atoms with van der Waals surface area (Å²) in [4.78, 5) is 0. The van der Waals surface area contributed by atoms with E-state index in [2.05, 4.69) is 5.48 Å². The van der Waals surface area contributed by atoms with Crippen LogP contribution in [0.4, 0.5) is 0 Å². The molecule has 3 heteroatoms. The minimum Gasteiger partial charge on any atom is -0.617 e. The van der Waals surface area contributed by atoms with Gasteiger partial charge in [0.05, 0.1) is 20.6 Å². The van der Waals surface area contributed by atoms with E-state index in [-0.39, 0.29) is 0 Å². The van der Waals surface area contributed by atoms with Gasteiger partial charge in [0.15, 0.2) is 0 Å². The van der Waals surface area contributed by atoms with E-state index >= 15 is 0 Å². The topological polar surface area (TPSA) is 54.6 Å². The van der Waals surface area contributed by atoms with Crippen molar-refractivity contribution in [2.45, 2.75) is 0 Å². The van der Waals surface area contributed by atoms with Gasteiger partial charge in [-0.3, -0.25) is 0 Å². The second-order valence-corrected chi connectivity index (χ2v) is 0.806. The van der Waals surface area contributed by atoms with E-state index < -0.39 is 23.5 Å². The van der Waals surface area contributed by atoms with Gasteiger partial charge in [0, 0.05) is 0 Å². The van der Waals surface area contributed by atoms with E-state index in [0.717, 1.165) is 0 Å². The van der Waals surface area contributed by atoms with Crippen LogP contribution in [0.5, 0.6) is 0 Å². The fraction of sp³-hybridized carbons (Fsp3) is 1.00. The van der Waals surface area contributed by atoms with Gasteiger partial charge in [0.2, 0.25) is 2.86 Å². The molecule has 0 radical (unpaired) electrons. The molecular weight excluding hydrogens is 88.1 g/mol. The van der Waals surface area contributed by atoms with Gasteiger partial charge in [-0.1, -0.05) is 11.2 Å². The highest BCUT2D eigenvalue weighted by molar-refractivity contribution is 7.89. The third-order valence-corrected chi connectivity index (χ3v) is 0. The molecule has 0 rings (SSSR count). The average molecular weight is 104 g/mol. The Morgan fingerprint density at radius 1 is 2.20 bits per heavy atom. The molecule has 0 aromatic rings. The molecule has 0 aromatic carbocycles. The summed E-state index contributed by atoms with van der Waals surface area (Å²) in [6, 6.07) is 0. The monoisotopic (exact) mass is 104 g/mol. The van der Waals surface area contributed by atoms with Gasteiger partial charge in [-0.05, 0) is 0 Å². The maximum atomic E-state index is 10.5. The van der Waals surface area contributed by atoms with Crippen molar-refractivity contribution in [2.75, 3.05) is 12.4 Å². The quantitative estimate of drug-likeness (QED) is 0.370. The average Bonchev–Trinajstić information content (AvgIpc) is 1.84. The molecule has 0 aliphatic rings. The third-order valence-electron chi connectivity index (χ3n) is 0. The Hall–Kier alpha value is 0.270. The van der Waals surface area contributed by atoms with Crippen LogP contribution in [0.15, 0.2) is 0 Å². The van der Waals surface area contributed by atoms with Gasteiger partial charge in [0.25, 0.3) is 0 Å². The van der Waals surface area contributed by atoms with Gasteiger partial charge in [-0.15, -0.1) is 0 Å². The van der Waals surface area contributed by atoms with Crippen LogP contribution in [-0.4, -0.2) is 25.3 Å². The molecule has 0 saturated heterocycles. The predicted molar refractivity (Wildman–Crippen MR) is 23.6 cm³/mol. The summed E-state index contributed by atoms with van der Waals surface area (Å²) >= 11 is -2.75. The van der Waals surface area contributed by atoms with E-state index in [4.69, 9.17) is 11.1 Å². The van der Waals surface area contributed by atoms with Crippen molar-refractivity contribution >= 4 is 11.2 Å². The first-order valence-electron chi connectivity index (χ1n) is 4.39. The largest absolute Gasteiger partial charge is 0.617 e. The number of hydrogen-bond acceptors (Lipinski definition) is 1. The molecule has 2 nitrogen and oxygen atoms in total. The molecule has 34 valence electrons. The first kappa shape index (κ1) is 0.757. The fourth-order valence-electron chi connectivity index (χ4n) is 0. The van der Waals surface area contributed by atoms with Crippen LogP contribution in [0, 0.1) is 0 Å². The lowest BCUT2D eigenvalue weighted by molar-refractivity contribution is 0.606. The minimum atomic E-state index is -2.90. The van der Waals surface area contributed by atoms with Crippen molar-refractivity contribution in [2.24, 2.45) is 0 Å². The van der Waals surface area contributed by atoms with Gasteiger partial charge >= 0.3 is 0 Å². The molecule has 0 amide bonds. The van der Waals surface area contributed by atoms with Crippen molar-refractivity contribution in [1.29, 1.82) is 2.86 Å². The molecule has 0 aromatic heterocycles. The zero-order valence-electron chi connectivity index (χ0n) is 10.2. The Bertz CT molecular complexity index is 115. The normalized spacial score (nSPS) is 34.0. The van der Waals surface area contributed by atoms with Gasteiger partial charge < -0.3 is 10.0 Å². The van der Waals surface area contributed by atoms with Gasteiger partial charge in [-0.25, -0.2) is 0 Å². The molecule has 0 bridgehead atoms. The lowest BCUT2D eigenvalue weighted by Crippen LogP contribution is -1.86. The van der Waals surface area contributed by atoms with E-state index in [1.165, 1.54) is 0 Å². The summed E-state index contributed by atoms with van der Waals surface area (Å²) in [6.07, 6.45) is -5.80. The molecule has 2 N–H and O–H groups in total. The van der Waals surface area contributed by atoms with Crippen molar-refractivity contribution in [1.82, 2.24) is 0 Å². The van der Waals surface area contributed by atoms with Crippen molar-refractivity contribution < 1.29 is 18.3 Å². The van der Waals surface area contributed by atoms with Crippen LogP contribution in [0.3, 0.4) is 0 Å². The summed E-state index contributed by atoms with van der Waals surface area (Å²) in [5.74, 6) is 0. The van der Waals surface area contributed by atoms with Crippen LogP contribution in [0.1, 0.15) is 8.22 Å². The van der Waals surface area contributed by atoms with Gasteiger partial charge in [-0.2, -0.15) is 0 Å².